The Morgan fingerprint density at radius 2 is 1.70 bits per heavy atom. The number of alkyl halides is 3. The van der Waals surface area contributed by atoms with Crippen LogP contribution >= 0.6 is 0 Å². The van der Waals surface area contributed by atoms with E-state index < -0.39 is 17.8 Å². The van der Waals surface area contributed by atoms with Gasteiger partial charge in [-0.15, -0.1) is 0 Å². The van der Waals surface area contributed by atoms with E-state index in [0.29, 0.717) is 16.6 Å². The van der Waals surface area contributed by atoms with Crippen molar-refractivity contribution in [2.24, 2.45) is 0 Å². The first kappa shape index (κ1) is 24.2. The average molecular weight is 508 g/mol. The fraction of sp³-hybridized carbons (Fsp3) is 0.154. The zero-order valence-corrected chi connectivity index (χ0v) is 19.7. The third-order valence-corrected chi connectivity index (χ3v) is 5.89. The molecule has 0 saturated carbocycles. The lowest BCUT2D eigenvalue weighted by atomic mass is 10.0. The lowest BCUT2D eigenvalue weighted by Gasteiger charge is -2.11. The minimum absolute atomic E-state index is 0.116. The highest BCUT2D eigenvalue weighted by Gasteiger charge is 2.35. The number of carbonyl (C=O) groups is 1. The first-order valence-corrected chi connectivity index (χ1v) is 11.2. The summed E-state index contributed by atoms with van der Waals surface area (Å²) in [7, 11) is 0. The number of nitrogens with zero attached hydrogens (tertiary/aromatic N) is 5. The number of aryl methyl sites for hydroxylation is 2. The lowest BCUT2D eigenvalue weighted by molar-refractivity contribution is -0.142. The summed E-state index contributed by atoms with van der Waals surface area (Å²) in [6, 6.07) is 14.8. The zero-order valence-electron chi connectivity index (χ0n) is 19.7. The molecule has 0 bridgehead atoms. The van der Waals surface area contributed by atoms with E-state index in [1.165, 1.54) is 28.9 Å². The molecule has 0 atom stereocenters. The van der Waals surface area contributed by atoms with Gasteiger partial charge >= 0.3 is 6.18 Å². The molecule has 11 heteroatoms. The summed E-state index contributed by atoms with van der Waals surface area (Å²) in [5, 5.41) is 10.6. The number of fused-ring (bicyclic) bond motifs is 1. The van der Waals surface area contributed by atoms with Crippen LogP contribution in [0.15, 0.2) is 66.9 Å². The molecule has 0 aliphatic heterocycles. The average Bonchev–Trinajstić information content (AvgIpc) is 3.47. The molecule has 3 aromatic heterocycles. The zero-order chi connectivity index (χ0) is 26.3. The van der Waals surface area contributed by atoms with Crippen molar-refractivity contribution >= 4 is 17.4 Å². The van der Waals surface area contributed by atoms with Crippen LogP contribution in [0.3, 0.4) is 0 Å². The number of aromatic nitrogens is 5. The summed E-state index contributed by atoms with van der Waals surface area (Å²) in [5.74, 6) is -0.906. The Labute approximate surface area is 208 Å². The van der Waals surface area contributed by atoms with Crippen LogP contribution in [-0.4, -0.2) is 30.3 Å². The van der Waals surface area contributed by atoms with Gasteiger partial charge in [-0.2, -0.15) is 23.4 Å². The summed E-state index contributed by atoms with van der Waals surface area (Å²) in [6.45, 7) is 4.11. The molecule has 0 aliphatic carbocycles. The summed E-state index contributed by atoms with van der Waals surface area (Å²) in [6.07, 6.45) is -3.11. The first-order valence-electron chi connectivity index (χ1n) is 11.2. The van der Waals surface area contributed by atoms with Gasteiger partial charge in [0.05, 0.1) is 12.2 Å². The predicted octanol–water partition coefficient (Wildman–Crippen LogP) is 5.67. The van der Waals surface area contributed by atoms with E-state index in [4.69, 9.17) is 0 Å². The van der Waals surface area contributed by atoms with Gasteiger partial charge in [0, 0.05) is 23.9 Å². The van der Waals surface area contributed by atoms with E-state index in [1.807, 2.05) is 19.9 Å². The van der Waals surface area contributed by atoms with Gasteiger partial charge in [0.15, 0.2) is 22.9 Å². The van der Waals surface area contributed by atoms with Crippen LogP contribution in [0.5, 0.6) is 0 Å². The van der Waals surface area contributed by atoms with E-state index in [-0.39, 0.29) is 28.7 Å². The molecule has 5 rings (SSSR count). The minimum atomic E-state index is -4.73. The number of hydrogen-bond acceptors (Lipinski definition) is 4. The van der Waals surface area contributed by atoms with Crippen molar-refractivity contribution in [2.45, 2.75) is 26.6 Å². The second kappa shape index (κ2) is 9.16. The van der Waals surface area contributed by atoms with E-state index in [9.17, 15) is 22.4 Å². The molecule has 1 amide bonds. The van der Waals surface area contributed by atoms with Gasteiger partial charge in [0.25, 0.3) is 5.91 Å². The molecular weight excluding hydrogens is 488 g/mol. The molecule has 2 aromatic carbocycles. The Balaban J connectivity index is 1.43. The second-order valence-corrected chi connectivity index (χ2v) is 8.60. The maximum Gasteiger partial charge on any atom is 0.433 e. The molecule has 37 heavy (non-hydrogen) atoms. The third-order valence-electron chi connectivity index (χ3n) is 5.89. The maximum absolute atomic E-state index is 13.9. The van der Waals surface area contributed by atoms with Gasteiger partial charge in [-0.25, -0.2) is 13.9 Å². The normalized spacial score (nSPS) is 11.7. The van der Waals surface area contributed by atoms with Crippen LogP contribution in [0, 0.1) is 19.7 Å². The van der Waals surface area contributed by atoms with Gasteiger partial charge in [0.2, 0.25) is 0 Å². The summed E-state index contributed by atoms with van der Waals surface area (Å²) >= 11 is 0. The largest absolute Gasteiger partial charge is 0.433 e. The van der Waals surface area contributed by atoms with E-state index in [1.54, 1.807) is 30.5 Å². The second-order valence-electron chi connectivity index (χ2n) is 8.60. The number of nitrogens with one attached hydrogen (secondary N) is 1. The van der Waals surface area contributed by atoms with Crippen LogP contribution in [0.1, 0.15) is 32.9 Å². The molecule has 0 aliphatic rings. The Bertz CT molecular complexity index is 1620. The quantitative estimate of drug-likeness (QED) is 0.311. The van der Waals surface area contributed by atoms with Crippen LogP contribution in [0.2, 0.25) is 0 Å². The number of anilines is 1. The molecule has 7 nitrogen and oxygen atoms in total. The van der Waals surface area contributed by atoms with Gasteiger partial charge in [-0.1, -0.05) is 24.3 Å². The molecule has 0 unspecified atom stereocenters. The predicted molar refractivity (Wildman–Crippen MR) is 129 cm³/mol. The van der Waals surface area contributed by atoms with Gasteiger partial charge in [-0.05, 0) is 54.8 Å². The molecule has 1 N–H and O–H groups in total. The number of halogens is 4. The van der Waals surface area contributed by atoms with Crippen molar-refractivity contribution in [2.75, 3.05) is 5.32 Å². The van der Waals surface area contributed by atoms with Crippen molar-refractivity contribution in [3.8, 4) is 11.3 Å². The van der Waals surface area contributed by atoms with Gasteiger partial charge in [-0.3, -0.25) is 9.48 Å². The number of carbonyl (C=O) groups excluding carboxylic acids is 1. The molecule has 188 valence electrons. The third kappa shape index (κ3) is 5.06. The smallest absolute Gasteiger partial charge is 0.304 e. The summed E-state index contributed by atoms with van der Waals surface area (Å²) in [5.41, 5.74) is 1.95. The molecule has 0 fully saturated rings. The lowest BCUT2D eigenvalue weighted by Crippen LogP contribution is -2.16. The van der Waals surface area contributed by atoms with Crippen molar-refractivity contribution in [3.05, 3.63) is 101 Å². The standard InChI is InChI=1S/C26H20F4N6O/c1-15-3-6-18(11-16(15)2)20-12-22(26(28,29)30)36-24(31-20)13-21(33-36)25(37)32-23-9-10-35(34-23)14-17-4-7-19(27)8-5-17/h3-13H,14H2,1-2H3,(H,32,34,37). The Kier molecular flexibility index (Phi) is 5.98. The fourth-order valence-electron chi connectivity index (χ4n) is 3.81. The van der Waals surface area contributed by atoms with Crippen LogP contribution in [0.25, 0.3) is 16.9 Å². The van der Waals surface area contributed by atoms with Crippen molar-refractivity contribution < 1.29 is 22.4 Å². The Hall–Kier alpha value is -4.54. The molecule has 0 radical (unpaired) electrons. The van der Waals surface area contributed by atoms with E-state index in [0.717, 1.165) is 22.8 Å². The molecule has 0 spiro atoms. The maximum atomic E-state index is 13.9. The first-order chi connectivity index (χ1) is 17.6. The molecule has 3 heterocycles. The minimum Gasteiger partial charge on any atom is -0.304 e. The van der Waals surface area contributed by atoms with Crippen molar-refractivity contribution in [3.63, 3.8) is 0 Å². The van der Waals surface area contributed by atoms with Crippen LogP contribution < -0.4 is 5.32 Å². The topological polar surface area (TPSA) is 77.1 Å². The Morgan fingerprint density at radius 3 is 2.41 bits per heavy atom. The van der Waals surface area contributed by atoms with Gasteiger partial charge < -0.3 is 5.32 Å². The highest BCUT2D eigenvalue weighted by molar-refractivity contribution is 6.03. The fourth-order valence-corrected chi connectivity index (χ4v) is 3.81. The summed E-state index contributed by atoms with van der Waals surface area (Å²) in [4.78, 5) is 17.1. The van der Waals surface area contributed by atoms with Crippen LogP contribution in [-0.2, 0) is 12.7 Å². The number of rotatable bonds is 5. The monoisotopic (exact) mass is 508 g/mol. The highest BCUT2D eigenvalue weighted by atomic mass is 19.4. The number of hydrogen-bond donors (Lipinski definition) is 1. The van der Waals surface area contributed by atoms with Crippen LogP contribution in [0.4, 0.5) is 23.4 Å². The van der Waals surface area contributed by atoms with Crippen molar-refractivity contribution in [1.29, 1.82) is 0 Å². The molecule has 0 saturated heterocycles. The van der Waals surface area contributed by atoms with E-state index >= 15 is 0 Å². The number of amides is 1. The SMILES string of the molecule is Cc1ccc(-c2cc(C(F)(F)F)n3nc(C(=O)Nc4ccn(Cc5ccc(F)cc5)n4)cc3n2)cc1C. The van der Waals surface area contributed by atoms with E-state index in [2.05, 4.69) is 20.5 Å². The van der Waals surface area contributed by atoms with Crippen molar-refractivity contribution in [1.82, 2.24) is 24.4 Å². The highest BCUT2D eigenvalue weighted by Crippen LogP contribution is 2.32. The summed E-state index contributed by atoms with van der Waals surface area (Å²) < 4.78 is 56.9. The molecular formula is C26H20F4N6O. The Morgan fingerprint density at radius 1 is 0.946 bits per heavy atom. The molecule has 5 aromatic rings. The number of benzene rings is 2. The van der Waals surface area contributed by atoms with Gasteiger partial charge in [0.1, 0.15) is 5.82 Å².